The smallest absolute Gasteiger partial charge is 0.297 e. The minimum absolute atomic E-state index is 0.227. The van der Waals surface area contributed by atoms with Gasteiger partial charge in [-0.15, -0.1) is 0 Å². The van der Waals surface area contributed by atoms with E-state index in [1.807, 2.05) is 85.8 Å². The number of amidine groups is 1. The van der Waals surface area contributed by atoms with Crippen molar-refractivity contribution < 1.29 is 9.53 Å². The number of hydrazine groups is 1. The molecule has 0 saturated carbocycles. The summed E-state index contributed by atoms with van der Waals surface area (Å²) in [4.78, 5) is 17.9. The molecular weight excluding hydrogens is 362 g/mol. The highest BCUT2D eigenvalue weighted by Crippen LogP contribution is 2.26. The van der Waals surface area contributed by atoms with Gasteiger partial charge in [-0.1, -0.05) is 66.2 Å². The number of methoxy groups -OCH3 is 1. The molecule has 5 nitrogen and oxygen atoms in total. The Morgan fingerprint density at radius 3 is 2.34 bits per heavy atom. The van der Waals surface area contributed by atoms with Crippen LogP contribution in [0, 0.1) is 6.92 Å². The molecule has 0 aromatic heterocycles. The molecular formula is C24H21N3O2. The Hall–Kier alpha value is -3.86. The SMILES string of the molecule is COc1ccccc1/C=C1/N=C(c2ccc(C)cc2)N(Nc2ccccc2)C1=O. The van der Waals surface area contributed by atoms with Gasteiger partial charge in [0.25, 0.3) is 5.91 Å². The van der Waals surface area contributed by atoms with Gasteiger partial charge in [-0.3, -0.25) is 10.2 Å². The monoisotopic (exact) mass is 383 g/mol. The van der Waals surface area contributed by atoms with Gasteiger partial charge in [0, 0.05) is 11.1 Å². The van der Waals surface area contributed by atoms with E-state index in [4.69, 9.17) is 4.74 Å². The molecule has 0 unspecified atom stereocenters. The summed E-state index contributed by atoms with van der Waals surface area (Å²) >= 11 is 0. The number of aryl methyl sites for hydroxylation is 1. The third-order valence-corrected chi connectivity index (χ3v) is 4.62. The summed E-state index contributed by atoms with van der Waals surface area (Å²) in [6, 6.07) is 25.1. The van der Waals surface area contributed by atoms with Crippen molar-refractivity contribution in [1.29, 1.82) is 0 Å². The Bertz CT molecular complexity index is 1090. The quantitative estimate of drug-likeness (QED) is 0.652. The van der Waals surface area contributed by atoms with Crippen LogP contribution in [0.5, 0.6) is 5.75 Å². The molecule has 0 fully saturated rings. The van der Waals surface area contributed by atoms with Crippen molar-refractivity contribution in [2.45, 2.75) is 6.92 Å². The molecule has 1 aliphatic rings. The molecule has 0 radical (unpaired) electrons. The van der Waals surface area contributed by atoms with Crippen molar-refractivity contribution >= 4 is 23.5 Å². The molecule has 4 rings (SSSR count). The van der Waals surface area contributed by atoms with Crippen LogP contribution in [-0.2, 0) is 4.79 Å². The van der Waals surface area contributed by atoms with E-state index in [2.05, 4.69) is 10.4 Å². The van der Waals surface area contributed by atoms with Crippen molar-refractivity contribution in [2.75, 3.05) is 12.5 Å². The highest BCUT2D eigenvalue weighted by Gasteiger charge is 2.31. The number of nitrogens with zero attached hydrogens (tertiary/aromatic N) is 2. The molecule has 3 aromatic carbocycles. The van der Waals surface area contributed by atoms with Crippen LogP contribution >= 0.6 is 0 Å². The Kier molecular flexibility index (Phi) is 5.12. The molecule has 1 N–H and O–H groups in total. The molecule has 1 amide bonds. The molecule has 0 bridgehead atoms. The minimum Gasteiger partial charge on any atom is -0.496 e. The molecule has 144 valence electrons. The lowest BCUT2D eigenvalue weighted by molar-refractivity contribution is -0.121. The second-order valence-corrected chi connectivity index (χ2v) is 6.69. The lowest BCUT2D eigenvalue weighted by Gasteiger charge is -2.20. The lowest BCUT2D eigenvalue weighted by atomic mass is 10.1. The van der Waals surface area contributed by atoms with Gasteiger partial charge in [0.1, 0.15) is 11.4 Å². The van der Waals surface area contributed by atoms with Crippen molar-refractivity contribution in [3.05, 3.63) is 101 Å². The van der Waals surface area contributed by atoms with Gasteiger partial charge in [0.2, 0.25) is 0 Å². The zero-order chi connectivity index (χ0) is 20.2. The van der Waals surface area contributed by atoms with E-state index in [0.29, 0.717) is 17.3 Å². The van der Waals surface area contributed by atoms with Crippen LogP contribution in [-0.4, -0.2) is 23.9 Å². The van der Waals surface area contributed by atoms with E-state index in [-0.39, 0.29) is 5.91 Å². The van der Waals surface area contributed by atoms with Gasteiger partial charge in [-0.2, -0.15) is 5.01 Å². The van der Waals surface area contributed by atoms with Crippen LogP contribution in [0.4, 0.5) is 5.69 Å². The highest BCUT2D eigenvalue weighted by atomic mass is 16.5. The van der Waals surface area contributed by atoms with Crippen LogP contribution in [0.1, 0.15) is 16.7 Å². The number of para-hydroxylation sites is 2. The maximum absolute atomic E-state index is 13.2. The van der Waals surface area contributed by atoms with Gasteiger partial charge in [0.15, 0.2) is 5.84 Å². The average molecular weight is 383 g/mol. The number of anilines is 1. The largest absolute Gasteiger partial charge is 0.496 e. The molecule has 0 aliphatic carbocycles. The third kappa shape index (κ3) is 3.89. The standard InChI is InChI=1S/C24H21N3O2/c1-17-12-14-18(15-13-17)23-25-21(16-19-8-6-7-11-22(19)29-2)24(28)27(23)26-20-9-4-3-5-10-20/h3-16,26H,1-2H3/b21-16+. The zero-order valence-electron chi connectivity index (χ0n) is 16.3. The van der Waals surface area contributed by atoms with Crippen molar-refractivity contribution in [2.24, 2.45) is 4.99 Å². The number of ether oxygens (including phenoxy) is 1. The molecule has 0 saturated heterocycles. The summed E-state index contributed by atoms with van der Waals surface area (Å²) in [5.74, 6) is 1.02. The molecule has 0 spiro atoms. The van der Waals surface area contributed by atoms with E-state index < -0.39 is 0 Å². The Balaban J connectivity index is 1.76. The number of carbonyl (C=O) groups is 1. The van der Waals surface area contributed by atoms with E-state index in [9.17, 15) is 4.79 Å². The Labute approximate surface area is 169 Å². The molecule has 3 aromatic rings. The van der Waals surface area contributed by atoms with E-state index in [1.54, 1.807) is 13.2 Å². The number of hydrogen-bond acceptors (Lipinski definition) is 4. The predicted molar refractivity (Wildman–Crippen MR) is 116 cm³/mol. The first-order valence-corrected chi connectivity index (χ1v) is 9.32. The van der Waals surface area contributed by atoms with Crippen LogP contribution in [0.2, 0.25) is 0 Å². The summed E-state index contributed by atoms with van der Waals surface area (Å²) < 4.78 is 5.40. The molecule has 1 heterocycles. The van der Waals surface area contributed by atoms with E-state index >= 15 is 0 Å². The van der Waals surface area contributed by atoms with Gasteiger partial charge < -0.3 is 4.74 Å². The van der Waals surface area contributed by atoms with Crippen molar-refractivity contribution in [1.82, 2.24) is 5.01 Å². The summed E-state index contributed by atoms with van der Waals surface area (Å²) in [5.41, 5.74) is 7.12. The van der Waals surface area contributed by atoms with Crippen LogP contribution in [0.25, 0.3) is 6.08 Å². The summed E-state index contributed by atoms with van der Waals surface area (Å²) in [7, 11) is 1.61. The number of amides is 1. The fraction of sp³-hybridized carbons (Fsp3) is 0.0833. The molecule has 1 aliphatic heterocycles. The van der Waals surface area contributed by atoms with Crippen LogP contribution < -0.4 is 10.2 Å². The second kappa shape index (κ2) is 8.02. The first-order valence-electron chi connectivity index (χ1n) is 9.32. The maximum Gasteiger partial charge on any atom is 0.297 e. The van der Waals surface area contributed by atoms with Crippen molar-refractivity contribution in [3.63, 3.8) is 0 Å². The first-order chi connectivity index (χ1) is 14.2. The number of rotatable bonds is 5. The topological polar surface area (TPSA) is 53.9 Å². The third-order valence-electron chi connectivity index (χ3n) is 4.62. The zero-order valence-corrected chi connectivity index (χ0v) is 16.3. The normalized spacial score (nSPS) is 14.8. The van der Waals surface area contributed by atoms with Crippen LogP contribution in [0.3, 0.4) is 0 Å². The fourth-order valence-electron chi connectivity index (χ4n) is 3.09. The molecule has 29 heavy (non-hydrogen) atoms. The maximum atomic E-state index is 13.2. The minimum atomic E-state index is -0.227. The second-order valence-electron chi connectivity index (χ2n) is 6.69. The van der Waals surface area contributed by atoms with Gasteiger partial charge in [-0.25, -0.2) is 4.99 Å². The summed E-state index contributed by atoms with van der Waals surface area (Å²) in [6.07, 6.45) is 1.75. The average Bonchev–Trinajstić information content (AvgIpc) is 3.05. The summed E-state index contributed by atoms with van der Waals surface area (Å²) in [5, 5.41) is 1.49. The number of carbonyl (C=O) groups excluding carboxylic acids is 1. The lowest BCUT2D eigenvalue weighted by Crippen LogP contribution is -2.37. The highest BCUT2D eigenvalue weighted by molar-refractivity contribution is 6.20. The predicted octanol–water partition coefficient (Wildman–Crippen LogP) is 4.66. The Morgan fingerprint density at radius 2 is 1.62 bits per heavy atom. The number of nitrogens with one attached hydrogen (secondary N) is 1. The van der Waals surface area contributed by atoms with Gasteiger partial charge >= 0.3 is 0 Å². The summed E-state index contributed by atoms with van der Waals surface area (Å²) in [6.45, 7) is 2.03. The first kappa shape index (κ1) is 18.5. The van der Waals surface area contributed by atoms with E-state index in [1.165, 1.54) is 5.01 Å². The molecule has 0 atom stereocenters. The van der Waals surface area contributed by atoms with Crippen molar-refractivity contribution in [3.8, 4) is 5.75 Å². The number of benzene rings is 3. The van der Waals surface area contributed by atoms with Gasteiger partial charge in [0.05, 0.1) is 12.8 Å². The molecule has 5 heteroatoms. The fourth-order valence-corrected chi connectivity index (χ4v) is 3.09. The van der Waals surface area contributed by atoms with E-state index in [0.717, 1.165) is 22.4 Å². The van der Waals surface area contributed by atoms with Crippen LogP contribution in [0.15, 0.2) is 89.6 Å². The van der Waals surface area contributed by atoms with Gasteiger partial charge in [-0.05, 0) is 31.2 Å². The number of aliphatic imine (C=N–C) groups is 1. The number of hydrogen-bond donors (Lipinski definition) is 1. The Morgan fingerprint density at radius 1 is 0.931 bits per heavy atom.